The maximum absolute atomic E-state index is 12.5. The van der Waals surface area contributed by atoms with E-state index in [0.717, 1.165) is 9.92 Å². The van der Waals surface area contributed by atoms with Gasteiger partial charge in [-0.1, -0.05) is 41.7 Å². The molecule has 3 rings (SSSR count). The highest BCUT2D eigenvalue weighted by Gasteiger charge is 2.15. The Bertz CT molecular complexity index is 978. The molecule has 2 aromatic carbocycles. The van der Waals surface area contributed by atoms with Crippen LogP contribution >= 0.6 is 23.5 Å². The van der Waals surface area contributed by atoms with E-state index in [-0.39, 0.29) is 11.7 Å². The van der Waals surface area contributed by atoms with Crippen LogP contribution in [-0.2, 0) is 4.79 Å². The summed E-state index contributed by atoms with van der Waals surface area (Å²) in [6.45, 7) is 0. The molecule has 0 aliphatic heterocycles. The fourth-order valence-corrected chi connectivity index (χ4v) is 4.29. The van der Waals surface area contributed by atoms with Gasteiger partial charge in [0.05, 0.1) is 27.1 Å². The van der Waals surface area contributed by atoms with Crippen molar-refractivity contribution < 1.29 is 19.0 Å². The van der Waals surface area contributed by atoms with E-state index in [1.165, 1.54) is 44.9 Å². The lowest BCUT2D eigenvalue weighted by molar-refractivity contribution is -0.113. The first-order chi connectivity index (χ1) is 14.6. The summed E-state index contributed by atoms with van der Waals surface area (Å²) in [5.41, 5.74) is 0.549. The number of hydrogen-bond acceptors (Lipinski definition) is 8. The number of nitrogens with zero attached hydrogens (tertiary/aromatic N) is 2. The summed E-state index contributed by atoms with van der Waals surface area (Å²) < 4.78 is 15.9. The predicted octanol–water partition coefficient (Wildman–Crippen LogP) is 4.38. The van der Waals surface area contributed by atoms with Gasteiger partial charge in [-0.05, 0) is 12.1 Å². The van der Waals surface area contributed by atoms with Crippen LogP contribution in [0.3, 0.4) is 0 Å². The number of methoxy groups -OCH3 is 3. The number of nitrogens with one attached hydrogen (secondary N) is 1. The zero-order valence-electron chi connectivity index (χ0n) is 16.7. The third kappa shape index (κ3) is 5.58. The minimum absolute atomic E-state index is 0.178. The Morgan fingerprint density at radius 3 is 2.17 bits per heavy atom. The summed E-state index contributed by atoms with van der Waals surface area (Å²) in [5.74, 6) is 1.40. The van der Waals surface area contributed by atoms with Crippen molar-refractivity contribution in [2.45, 2.75) is 14.9 Å². The van der Waals surface area contributed by atoms with Gasteiger partial charge in [0.25, 0.3) is 0 Å². The fraction of sp³-hybridized carbons (Fsp3) is 0.190. The van der Waals surface area contributed by atoms with Crippen molar-refractivity contribution in [3.63, 3.8) is 0 Å². The van der Waals surface area contributed by atoms with Gasteiger partial charge < -0.3 is 19.5 Å². The number of thioether (sulfide) groups is 1. The topological polar surface area (TPSA) is 82.6 Å². The van der Waals surface area contributed by atoms with Gasteiger partial charge in [0.2, 0.25) is 11.7 Å². The molecule has 0 radical (unpaired) electrons. The zero-order chi connectivity index (χ0) is 21.3. The van der Waals surface area contributed by atoms with Crippen LogP contribution in [0.1, 0.15) is 0 Å². The maximum Gasteiger partial charge on any atom is 0.234 e. The number of carbonyl (C=O) groups excluding carboxylic acids is 1. The Morgan fingerprint density at radius 2 is 1.57 bits per heavy atom. The smallest absolute Gasteiger partial charge is 0.234 e. The number of benzene rings is 2. The van der Waals surface area contributed by atoms with Gasteiger partial charge in [-0.2, -0.15) is 0 Å². The minimum Gasteiger partial charge on any atom is -0.493 e. The lowest BCUT2D eigenvalue weighted by Gasteiger charge is -2.14. The Hall–Kier alpha value is -2.91. The van der Waals surface area contributed by atoms with Crippen molar-refractivity contribution in [2.24, 2.45) is 0 Å². The minimum atomic E-state index is -0.185. The van der Waals surface area contributed by atoms with E-state index >= 15 is 0 Å². The Kier molecular flexibility index (Phi) is 7.81. The summed E-state index contributed by atoms with van der Waals surface area (Å²) in [7, 11) is 4.58. The molecule has 0 fully saturated rings. The molecule has 156 valence electrons. The van der Waals surface area contributed by atoms with Gasteiger partial charge >= 0.3 is 0 Å². The second-order valence-corrected chi connectivity index (χ2v) is 7.86. The molecular weight excluding hydrogens is 422 g/mol. The van der Waals surface area contributed by atoms with E-state index in [1.807, 2.05) is 30.3 Å². The average Bonchev–Trinajstić information content (AvgIpc) is 2.78. The third-order valence-corrected chi connectivity index (χ3v) is 5.99. The van der Waals surface area contributed by atoms with Crippen LogP contribution in [0, 0.1) is 0 Å². The number of aromatic nitrogens is 2. The van der Waals surface area contributed by atoms with Gasteiger partial charge in [-0.15, -0.1) is 0 Å². The van der Waals surface area contributed by atoms with E-state index in [2.05, 4.69) is 15.3 Å². The lowest BCUT2D eigenvalue weighted by Crippen LogP contribution is -2.14. The van der Waals surface area contributed by atoms with Crippen molar-refractivity contribution in [2.75, 3.05) is 32.4 Å². The van der Waals surface area contributed by atoms with Crippen LogP contribution in [0.25, 0.3) is 0 Å². The number of carbonyl (C=O) groups is 1. The molecule has 0 aliphatic rings. The maximum atomic E-state index is 12.5. The SMILES string of the molecule is COc1cc(NC(=O)CSc2nccnc2Sc2ccccc2)cc(OC)c1OC. The molecule has 0 atom stereocenters. The first-order valence-electron chi connectivity index (χ1n) is 8.91. The van der Waals surface area contributed by atoms with E-state index in [1.54, 1.807) is 24.5 Å². The van der Waals surface area contributed by atoms with Crippen molar-refractivity contribution >= 4 is 35.1 Å². The molecule has 0 aliphatic carbocycles. The number of ether oxygens (including phenoxy) is 3. The molecule has 0 unspecified atom stereocenters. The largest absolute Gasteiger partial charge is 0.493 e. The van der Waals surface area contributed by atoms with Crippen molar-refractivity contribution in [3.05, 3.63) is 54.9 Å². The van der Waals surface area contributed by atoms with Gasteiger partial charge in [-0.3, -0.25) is 4.79 Å². The van der Waals surface area contributed by atoms with Crippen LogP contribution in [-0.4, -0.2) is 43.0 Å². The normalized spacial score (nSPS) is 10.4. The Labute approximate surface area is 183 Å². The highest BCUT2D eigenvalue weighted by molar-refractivity contribution is 8.02. The molecule has 0 spiro atoms. The highest BCUT2D eigenvalue weighted by atomic mass is 32.2. The fourth-order valence-electron chi connectivity index (χ4n) is 2.57. The summed E-state index contributed by atoms with van der Waals surface area (Å²) in [5, 5.41) is 4.31. The molecular formula is C21H21N3O4S2. The average molecular weight is 444 g/mol. The second kappa shape index (κ2) is 10.7. The third-order valence-electron chi connectivity index (χ3n) is 3.88. The number of amides is 1. The standard InChI is InChI=1S/C21H21N3O4S2/c1-26-16-11-14(12-17(27-2)19(16)28-3)24-18(25)13-29-20-21(23-10-9-22-20)30-15-7-5-4-6-8-15/h4-12H,13H2,1-3H3,(H,24,25). The molecule has 1 heterocycles. The number of rotatable bonds is 9. The lowest BCUT2D eigenvalue weighted by atomic mass is 10.2. The molecule has 0 saturated heterocycles. The van der Waals surface area contributed by atoms with Crippen molar-refractivity contribution in [1.82, 2.24) is 9.97 Å². The van der Waals surface area contributed by atoms with Crippen LogP contribution in [0.15, 0.2) is 69.8 Å². The first kappa shape index (κ1) is 21.8. The van der Waals surface area contributed by atoms with Crippen LogP contribution in [0.4, 0.5) is 5.69 Å². The van der Waals surface area contributed by atoms with E-state index in [9.17, 15) is 4.79 Å². The molecule has 3 aromatic rings. The summed E-state index contributed by atoms with van der Waals surface area (Å²) in [6, 6.07) is 13.3. The van der Waals surface area contributed by atoms with Crippen LogP contribution in [0.2, 0.25) is 0 Å². The second-order valence-electron chi connectivity index (χ2n) is 5.83. The predicted molar refractivity (Wildman–Crippen MR) is 118 cm³/mol. The van der Waals surface area contributed by atoms with Gasteiger partial charge in [0.1, 0.15) is 10.1 Å². The molecule has 1 aromatic heterocycles. The van der Waals surface area contributed by atoms with E-state index in [4.69, 9.17) is 14.2 Å². The first-order valence-corrected chi connectivity index (χ1v) is 10.7. The van der Waals surface area contributed by atoms with Crippen LogP contribution in [0.5, 0.6) is 17.2 Å². The van der Waals surface area contributed by atoms with E-state index < -0.39 is 0 Å². The Balaban J connectivity index is 1.67. The summed E-state index contributed by atoms with van der Waals surface area (Å²) >= 11 is 2.84. The number of hydrogen-bond donors (Lipinski definition) is 1. The summed E-state index contributed by atoms with van der Waals surface area (Å²) in [6.07, 6.45) is 3.26. The quantitative estimate of drug-likeness (QED) is 0.488. The van der Waals surface area contributed by atoms with Crippen molar-refractivity contribution in [1.29, 1.82) is 0 Å². The van der Waals surface area contributed by atoms with Gasteiger partial charge in [0, 0.05) is 35.1 Å². The highest BCUT2D eigenvalue weighted by Crippen LogP contribution is 2.40. The van der Waals surface area contributed by atoms with E-state index in [0.29, 0.717) is 28.0 Å². The molecule has 9 heteroatoms. The van der Waals surface area contributed by atoms with Crippen LogP contribution < -0.4 is 19.5 Å². The summed E-state index contributed by atoms with van der Waals surface area (Å²) in [4.78, 5) is 22.3. The number of anilines is 1. The molecule has 0 saturated carbocycles. The molecule has 1 N–H and O–H groups in total. The zero-order valence-corrected chi connectivity index (χ0v) is 18.4. The molecule has 1 amide bonds. The monoisotopic (exact) mass is 443 g/mol. The Morgan fingerprint density at radius 1 is 0.933 bits per heavy atom. The molecule has 30 heavy (non-hydrogen) atoms. The molecule has 0 bridgehead atoms. The van der Waals surface area contributed by atoms with Gasteiger partial charge in [-0.25, -0.2) is 9.97 Å². The molecule has 7 nitrogen and oxygen atoms in total. The van der Waals surface area contributed by atoms with Gasteiger partial charge in [0.15, 0.2) is 11.5 Å². The van der Waals surface area contributed by atoms with Crippen molar-refractivity contribution in [3.8, 4) is 17.2 Å².